The Bertz CT molecular complexity index is 732. The number of nitrogens with zero attached hydrogens (tertiary/aromatic N) is 1. The van der Waals surface area contributed by atoms with Crippen LogP contribution >= 0.6 is 22.6 Å². The molecule has 4 N–H and O–H groups in total. The summed E-state index contributed by atoms with van der Waals surface area (Å²) in [4.78, 5) is 37.8. The maximum Gasteiger partial charge on any atom is 0.330 e. The quantitative estimate of drug-likeness (QED) is 0.225. The summed E-state index contributed by atoms with van der Waals surface area (Å²) in [5.74, 6) is -0.694. The number of aromatic nitrogens is 2. The molecule has 1 aromatic rings. The van der Waals surface area contributed by atoms with E-state index in [2.05, 4.69) is 4.98 Å². The van der Waals surface area contributed by atoms with Crippen LogP contribution in [-0.4, -0.2) is 60.2 Å². The van der Waals surface area contributed by atoms with Gasteiger partial charge in [0.15, 0.2) is 0 Å². The van der Waals surface area contributed by atoms with Gasteiger partial charge in [0.25, 0.3) is 5.56 Å². The standard InChI is InChI=1S/C14H19IN2O8/c1-2-24-13(22)10(15)11(20)6-4-17(14(23)16-12(6)21)9-3-7(19)8(5-18)25-9/h4,7-11,18-20H,2-3,5H2,1H3,(H,16,21,23)/t7-,8+,9+,10+,11+/m1/s1. The predicted octanol–water partition coefficient (Wildman–Crippen LogP) is -1.42. The highest BCUT2D eigenvalue weighted by Gasteiger charge is 2.36. The minimum absolute atomic E-state index is 0.0260. The van der Waals surface area contributed by atoms with E-state index in [1.807, 2.05) is 0 Å². The van der Waals surface area contributed by atoms with Crippen LogP contribution in [0.15, 0.2) is 15.8 Å². The first-order chi connectivity index (χ1) is 11.8. The van der Waals surface area contributed by atoms with Crippen LogP contribution in [0.5, 0.6) is 0 Å². The second kappa shape index (κ2) is 8.40. The number of aliphatic hydroxyl groups excluding tert-OH is 3. The lowest BCUT2D eigenvalue weighted by molar-refractivity contribution is -0.144. The van der Waals surface area contributed by atoms with Crippen LogP contribution < -0.4 is 11.2 Å². The van der Waals surface area contributed by atoms with Crippen molar-refractivity contribution in [2.75, 3.05) is 13.2 Å². The minimum atomic E-state index is -1.50. The van der Waals surface area contributed by atoms with Gasteiger partial charge in [-0.3, -0.25) is 19.1 Å². The van der Waals surface area contributed by atoms with Crippen molar-refractivity contribution in [1.82, 2.24) is 9.55 Å². The molecule has 0 aromatic carbocycles. The molecule has 11 heteroatoms. The molecule has 2 heterocycles. The first kappa shape index (κ1) is 20.0. The van der Waals surface area contributed by atoms with Crippen molar-refractivity contribution in [2.24, 2.45) is 0 Å². The van der Waals surface area contributed by atoms with Crippen LogP contribution in [0.2, 0.25) is 0 Å². The van der Waals surface area contributed by atoms with Crippen molar-refractivity contribution in [3.8, 4) is 0 Å². The summed E-state index contributed by atoms with van der Waals surface area (Å²) < 4.78 is 10.1. The molecule has 1 fully saturated rings. The topological polar surface area (TPSA) is 151 Å². The number of rotatable bonds is 6. The highest BCUT2D eigenvalue weighted by Crippen LogP contribution is 2.28. The summed E-state index contributed by atoms with van der Waals surface area (Å²) >= 11 is 1.65. The van der Waals surface area contributed by atoms with Gasteiger partial charge in [0.1, 0.15) is 22.4 Å². The Morgan fingerprint density at radius 2 is 2.24 bits per heavy atom. The zero-order valence-corrected chi connectivity index (χ0v) is 15.5. The number of H-pyrrole nitrogens is 1. The monoisotopic (exact) mass is 470 g/mol. The van der Waals surface area contributed by atoms with Gasteiger partial charge in [-0.05, 0) is 6.92 Å². The third kappa shape index (κ3) is 4.28. The van der Waals surface area contributed by atoms with Gasteiger partial charge in [-0.15, -0.1) is 0 Å². The molecule has 1 aromatic heterocycles. The van der Waals surface area contributed by atoms with Crippen LogP contribution in [0.25, 0.3) is 0 Å². The number of alkyl halides is 1. The molecule has 0 saturated carbocycles. The smallest absolute Gasteiger partial charge is 0.330 e. The fourth-order valence-electron chi connectivity index (χ4n) is 2.48. The molecule has 1 aliphatic heterocycles. The SMILES string of the molecule is CCOC(=O)[C@@H](I)[C@@H](O)c1cn([C@@H]2C[C@@H](O)[C@H](CO)O2)c(=O)[nH]c1=O. The molecule has 0 unspecified atom stereocenters. The molecule has 1 aliphatic rings. The Kier molecular flexibility index (Phi) is 6.73. The van der Waals surface area contributed by atoms with Crippen LogP contribution in [0.3, 0.4) is 0 Å². The number of nitrogens with one attached hydrogen (secondary N) is 1. The second-order valence-corrected chi connectivity index (χ2v) is 6.81. The minimum Gasteiger partial charge on any atom is -0.465 e. The third-order valence-electron chi connectivity index (χ3n) is 3.80. The summed E-state index contributed by atoms with van der Waals surface area (Å²) in [5.41, 5.74) is -1.84. The second-order valence-electron chi connectivity index (χ2n) is 5.46. The van der Waals surface area contributed by atoms with Crippen molar-refractivity contribution < 1.29 is 29.6 Å². The molecular formula is C14H19IN2O8. The average Bonchev–Trinajstić information content (AvgIpc) is 2.94. The molecule has 5 atom stereocenters. The van der Waals surface area contributed by atoms with E-state index < -0.39 is 52.3 Å². The fourth-order valence-corrected chi connectivity index (χ4v) is 3.05. The summed E-state index contributed by atoms with van der Waals surface area (Å²) in [6, 6.07) is 0. The van der Waals surface area contributed by atoms with Crippen LogP contribution in [-0.2, 0) is 14.3 Å². The van der Waals surface area contributed by atoms with Gasteiger partial charge in [-0.2, -0.15) is 0 Å². The lowest BCUT2D eigenvalue weighted by Gasteiger charge is -2.19. The number of ether oxygens (including phenoxy) is 2. The Hall–Kier alpha value is -1.28. The predicted molar refractivity (Wildman–Crippen MR) is 92.3 cm³/mol. The van der Waals surface area contributed by atoms with Gasteiger partial charge in [-0.25, -0.2) is 4.79 Å². The molecule has 0 radical (unpaired) electrons. The number of carbonyl (C=O) groups excluding carboxylic acids is 1. The molecule has 0 bridgehead atoms. The number of aromatic amines is 1. The van der Waals surface area contributed by atoms with Crippen molar-refractivity contribution in [3.05, 3.63) is 32.6 Å². The number of halogens is 1. The Balaban J connectivity index is 2.34. The maximum absolute atomic E-state index is 12.0. The van der Waals surface area contributed by atoms with E-state index in [9.17, 15) is 24.6 Å². The first-order valence-corrected chi connectivity index (χ1v) is 8.83. The van der Waals surface area contributed by atoms with Gasteiger partial charge in [0, 0.05) is 12.6 Å². The zero-order chi connectivity index (χ0) is 18.7. The lowest BCUT2D eigenvalue weighted by Crippen LogP contribution is -2.37. The molecule has 10 nitrogen and oxygen atoms in total. The number of aliphatic hydroxyl groups is 3. The Morgan fingerprint density at radius 3 is 2.80 bits per heavy atom. The van der Waals surface area contributed by atoms with E-state index in [1.165, 1.54) is 0 Å². The van der Waals surface area contributed by atoms with E-state index in [0.29, 0.717) is 0 Å². The van der Waals surface area contributed by atoms with E-state index >= 15 is 0 Å². The van der Waals surface area contributed by atoms with E-state index in [-0.39, 0.29) is 18.6 Å². The fraction of sp³-hybridized carbons (Fsp3) is 0.643. The molecule has 25 heavy (non-hydrogen) atoms. The third-order valence-corrected chi connectivity index (χ3v) is 4.99. The van der Waals surface area contributed by atoms with Crippen molar-refractivity contribution in [2.45, 2.75) is 41.8 Å². The highest BCUT2D eigenvalue weighted by atomic mass is 127. The molecule has 0 amide bonds. The van der Waals surface area contributed by atoms with E-state index in [4.69, 9.17) is 14.6 Å². The zero-order valence-electron chi connectivity index (χ0n) is 13.3. The van der Waals surface area contributed by atoms with Gasteiger partial charge in [0.2, 0.25) is 0 Å². The summed E-state index contributed by atoms with van der Waals surface area (Å²) in [7, 11) is 0. The van der Waals surface area contributed by atoms with Crippen molar-refractivity contribution >= 4 is 28.6 Å². The molecular weight excluding hydrogens is 451 g/mol. The molecule has 0 aliphatic carbocycles. The van der Waals surface area contributed by atoms with E-state index in [1.54, 1.807) is 29.5 Å². The van der Waals surface area contributed by atoms with E-state index in [0.717, 1.165) is 10.8 Å². The number of esters is 1. The number of hydrogen-bond donors (Lipinski definition) is 4. The Labute approximate surface area is 155 Å². The van der Waals surface area contributed by atoms with Crippen LogP contribution in [0, 0.1) is 0 Å². The number of hydrogen-bond acceptors (Lipinski definition) is 8. The molecule has 140 valence electrons. The Morgan fingerprint density at radius 1 is 1.56 bits per heavy atom. The molecule has 0 spiro atoms. The molecule has 2 rings (SSSR count). The first-order valence-electron chi connectivity index (χ1n) is 7.58. The van der Waals surface area contributed by atoms with Gasteiger partial charge in [-0.1, -0.05) is 22.6 Å². The summed E-state index contributed by atoms with van der Waals surface area (Å²) in [5, 5.41) is 29.2. The van der Waals surface area contributed by atoms with Crippen LogP contribution in [0.4, 0.5) is 0 Å². The number of carbonyl (C=O) groups is 1. The summed E-state index contributed by atoms with van der Waals surface area (Å²) in [6.45, 7) is 1.31. The average molecular weight is 470 g/mol. The van der Waals surface area contributed by atoms with Crippen molar-refractivity contribution in [1.29, 1.82) is 0 Å². The van der Waals surface area contributed by atoms with Gasteiger partial charge >= 0.3 is 11.7 Å². The lowest BCUT2D eigenvalue weighted by atomic mass is 10.1. The molecule has 1 saturated heterocycles. The summed E-state index contributed by atoms with van der Waals surface area (Å²) in [6.07, 6.45) is -3.13. The highest BCUT2D eigenvalue weighted by molar-refractivity contribution is 14.1. The van der Waals surface area contributed by atoms with Crippen molar-refractivity contribution in [3.63, 3.8) is 0 Å². The normalized spacial score (nSPS) is 25.6. The largest absolute Gasteiger partial charge is 0.465 e. The van der Waals surface area contributed by atoms with Crippen LogP contribution in [0.1, 0.15) is 31.2 Å². The van der Waals surface area contributed by atoms with Gasteiger partial charge in [0.05, 0.1) is 24.9 Å². The maximum atomic E-state index is 12.0. The van der Waals surface area contributed by atoms with Gasteiger partial charge < -0.3 is 24.8 Å².